The Bertz CT molecular complexity index is 970. The lowest BCUT2D eigenvalue weighted by Crippen LogP contribution is -2.40. The second-order valence-electron chi connectivity index (χ2n) is 7.83. The number of nitrogens with zero attached hydrogens (tertiary/aromatic N) is 1. The number of aromatic amines is 1. The summed E-state index contributed by atoms with van der Waals surface area (Å²) in [6, 6.07) is 4.89. The fourth-order valence-corrected chi connectivity index (χ4v) is 4.06. The predicted octanol–water partition coefficient (Wildman–Crippen LogP) is 3.43. The van der Waals surface area contributed by atoms with Gasteiger partial charge >= 0.3 is 11.9 Å². The van der Waals surface area contributed by atoms with Gasteiger partial charge in [-0.2, -0.15) is 13.2 Å². The van der Waals surface area contributed by atoms with Crippen LogP contribution in [0.1, 0.15) is 60.9 Å². The van der Waals surface area contributed by atoms with Crippen LogP contribution in [0.4, 0.5) is 13.2 Å². The topological polar surface area (TPSA) is 75.1 Å². The molecule has 29 heavy (non-hydrogen) atoms. The molecule has 3 rings (SSSR count). The lowest BCUT2D eigenvalue weighted by Gasteiger charge is -2.27. The average Bonchev–Trinajstić information content (AvgIpc) is 2.67. The molecule has 0 unspecified atom stereocenters. The lowest BCUT2D eigenvalue weighted by atomic mass is 9.80. The largest absolute Gasteiger partial charge is 0.416 e. The monoisotopic (exact) mass is 410 g/mol. The smallest absolute Gasteiger partial charge is 0.395 e. The maximum atomic E-state index is 13.1. The molecular formula is C21H25F3N2O3. The van der Waals surface area contributed by atoms with Crippen LogP contribution in [0.5, 0.6) is 0 Å². The summed E-state index contributed by atoms with van der Waals surface area (Å²) in [7, 11) is 0. The molecule has 1 heterocycles. The van der Waals surface area contributed by atoms with Crippen molar-refractivity contribution in [3.05, 3.63) is 67.5 Å². The third kappa shape index (κ3) is 4.80. The summed E-state index contributed by atoms with van der Waals surface area (Å²) < 4.78 is 40.1. The minimum Gasteiger partial charge on any atom is -0.395 e. The number of hydrogen-bond donors (Lipinski definition) is 2. The SMILES string of the molecule is CC1CCC(c2[nH]c(=O)n(CCO)c(=O)c2Cc2cccc(C(F)(F)F)c2)CC1. The highest BCUT2D eigenvalue weighted by atomic mass is 19.4. The molecule has 0 aliphatic heterocycles. The number of halogens is 3. The normalized spacial score (nSPS) is 20.0. The Kier molecular flexibility index (Phi) is 6.31. The van der Waals surface area contributed by atoms with Crippen LogP contribution in [0, 0.1) is 5.92 Å². The molecule has 1 aromatic heterocycles. The molecule has 0 amide bonds. The fraction of sp³-hybridized carbons (Fsp3) is 0.524. The van der Waals surface area contributed by atoms with E-state index < -0.39 is 23.0 Å². The summed E-state index contributed by atoms with van der Waals surface area (Å²) in [6.45, 7) is 1.61. The molecule has 2 aromatic rings. The Morgan fingerprint density at radius 1 is 1.17 bits per heavy atom. The average molecular weight is 410 g/mol. The number of rotatable bonds is 5. The lowest BCUT2D eigenvalue weighted by molar-refractivity contribution is -0.137. The van der Waals surface area contributed by atoms with E-state index in [9.17, 15) is 27.9 Å². The summed E-state index contributed by atoms with van der Waals surface area (Å²) in [5, 5.41) is 9.18. The molecule has 0 saturated heterocycles. The van der Waals surface area contributed by atoms with E-state index in [0.29, 0.717) is 22.7 Å². The Morgan fingerprint density at radius 3 is 2.48 bits per heavy atom. The van der Waals surface area contributed by atoms with E-state index >= 15 is 0 Å². The maximum absolute atomic E-state index is 13.1. The fourth-order valence-electron chi connectivity index (χ4n) is 4.06. The van der Waals surface area contributed by atoms with E-state index in [0.717, 1.165) is 42.4 Å². The first kappa shape index (κ1) is 21.4. The molecule has 8 heteroatoms. The molecule has 158 valence electrons. The molecule has 0 spiro atoms. The van der Waals surface area contributed by atoms with Gasteiger partial charge in [0.1, 0.15) is 0 Å². The number of H-pyrrole nitrogens is 1. The highest BCUT2D eigenvalue weighted by Crippen LogP contribution is 2.36. The van der Waals surface area contributed by atoms with Crippen molar-refractivity contribution in [2.45, 2.75) is 57.7 Å². The molecule has 0 bridgehead atoms. The van der Waals surface area contributed by atoms with E-state index in [4.69, 9.17) is 0 Å². The van der Waals surface area contributed by atoms with Gasteiger partial charge in [0.05, 0.1) is 18.7 Å². The molecule has 0 atom stereocenters. The van der Waals surface area contributed by atoms with E-state index in [1.807, 2.05) is 0 Å². The Labute approximate surface area is 166 Å². The Balaban J connectivity index is 2.07. The molecule has 1 aromatic carbocycles. The van der Waals surface area contributed by atoms with E-state index in [1.54, 1.807) is 6.07 Å². The van der Waals surface area contributed by atoms with Crippen LogP contribution in [-0.4, -0.2) is 21.3 Å². The van der Waals surface area contributed by atoms with Crippen molar-refractivity contribution >= 4 is 0 Å². The molecule has 1 aliphatic rings. The second-order valence-corrected chi connectivity index (χ2v) is 7.83. The number of aliphatic hydroxyl groups excluding tert-OH is 1. The highest BCUT2D eigenvalue weighted by Gasteiger charge is 2.31. The molecule has 2 N–H and O–H groups in total. The van der Waals surface area contributed by atoms with Crippen molar-refractivity contribution in [1.29, 1.82) is 0 Å². The Hall–Kier alpha value is -2.35. The standard InChI is InChI=1S/C21H25F3N2O3/c1-13-5-7-15(8-6-13)18-17(19(28)26(9-10-27)20(29)25-18)12-14-3-2-4-16(11-14)21(22,23)24/h2-4,11,13,15,27H,5-10,12H2,1H3,(H,25,29). The molecule has 1 aliphatic carbocycles. The molecule has 0 radical (unpaired) electrons. The predicted molar refractivity (Wildman–Crippen MR) is 103 cm³/mol. The summed E-state index contributed by atoms with van der Waals surface area (Å²) in [6.07, 6.45) is -0.913. The number of alkyl halides is 3. The minimum absolute atomic E-state index is 0.00354. The van der Waals surface area contributed by atoms with Crippen molar-refractivity contribution < 1.29 is 18.3 Å². The first-order valence-corrected chi connectivity index (χ1v) is 9.83. The van der Waals surface area contributed by atoms with Gasteiger partial charge in [0, 0.05) is 17.7 Å². The summed E-state index contributed by atoms with van der Waals surface area (Å²) in [4.78, 5) is 28.2. The van der Waals surface area contributed by atoms with Crippen molar-refractivity contribution in [3.8, 4) is 0 Å². The zero-order valence-electron chi connectivity index (χ0n) is 16.3. The Morgan fingerprint density at radius 2 is 1.86 bits per heavy atom. The van der Waals surface area contributed by atoms with Crippen molar-refractivity contribution in [1.82, 2.24) is 9.55 Å². The molecule has 1 fully saturated rings. The van der Waals surface area contributed by atoms with Crippen LogP contribution in [0.25, 0.3) is 0 Å². The van der Waals surface area contributed by atoms with E-state index in [1.165, 1.54) is 6.07 Å². The van der Waals surface area contributed by atoms with Gasteiger partial charge in [-0.1, -0.05) is 38.0 Å². The van der Waals surface area contributed by atoms with Crippen LogP contribution in [0.2, 0.25) is 0 Å². The van der Waals surface area contributed by atoms with E-state index in [-0.39, 0.29) is 25.5 Å². The second kappa shape index (κ2) is 8.57. The zero-order valence-corrected chi connectivity index (χ0v) is 16.3. The third-order valence-electron chi connectivity index (χ3n) is 5.70. The van der Waals surface area contributed by atoms with Crippen LogP contribution < -0.4 is 11.2 Å². The molecular weight excluding hydrogens is 385 g/mol. The van der Waals surface area contributed by atoms with Crippen LogP contribution in [0.3, 0.4) is 0 Å². The van der Waals surface area contributed by atoms with Gasteiger partial charge < -0.3 is 10.1 Å². The number of benzene rings is 1. The van der Waals surface area contributed by atoms with Crippen molar-refractivity contribution in [2.75, 3.05) is 6.61 Å². The number of nitrogens with one attached hydrogen (secondary N) is 1. The van der Waals surface area contributed by atoms with Crippen LogP contribution >= 0.6 is 0 Å². The minimum atomic E-state index is -4.47. The van der Waals surface area contributed by atoms with Gasteiger partial charge in [0.25, 0.3) is 5.56 Å². The molecule has 5 nitrogen and oxygen atoms in total. The maximum Gasteiger partial charge on any atom is 0.416 e. The van der Waals surface area contributed by atoms with Crippen molar-refractivity contribution in [3.63, 3.8) is 0 Å². The third-order valence-corrected chi connectivity index (χ3v) is 5.70. The summed E-state index contributed by atoms with van der Waals surface area (Å²) >= 11 is 0. The molecule has 1 saturated carbocycles. The number of aliphatic hydroxyl groups is 1. The summed E-state index contributed by atoms with van der Waals surface area (Å²) in [5.41, 5.74) is -0.733. The quantitative estimate of drug-likeness (QED) is 0.793. The van der Waals surface area contributed by atoms with Gasteiger partial charge in [-0.3, -0.25) is 9.36 Å². The van der Waals surface area contributed by atoms with Gasteiger partial charge in [0.15, 0.2) is 0 Å². The number of aromatic nitrogens is 2. The van der Waals surface area contributed by atoms with E-state index in [2.05, 4.69) is 11.9 Å². The highest BCUT2D eigenvalue weighted by molar-refractivity contribution is 5.33. The first-order chi connectivity index (χ1) is 13.7. The van der Waals surface area contributed by atoms with Crippen LogP contribution in [-0.2, 0) is 19.1 Å². The summed E-state index contributed by atoms with van der Waals surface area (Å²) in [5.74, 6) is 0.566. The zero-order chi connectivity index (χ0) is 21.2. The van der Waals surface area contributed by atoms with Gasteiger partial charge in [-0.15, -0.1) is 0 Å². The number of hydrogen-bond acceptors (Lipinski definition) is 3. The van der Waals surface area contributed by atoms with Gasteiger partial charge in [0.2, 0.25) is 0 Å². The van der Waals surface area contributed by atoms with Crippen LogP contribution in [0.15, 0.2) is 33.9 Å². The van der Waals surface area contributed by atoms with Gasteiger partial charge in [-0.05, 0) is 36.3 Å². The van der Waals surface area contributed by atoms with Crippen molar-refractivity contribution in [2.24, 2.45) is 5.92 Å². The first-order valence-electron chi connectivity index (χ1n) is 9.83. The van der Waals surface area contributed by atoms with Gasteiger partial charge in [-0.25, -0.2) is 4.79 Å².